The number of nitrogens with zero attached hydrogens (tertiary/aromatic N) is 1. The lowest BCUT2D eigenvalue weighted by Crippen LogP contribution is -2.25. The first-order valence-electron chi connectivity index (χ1n) is 9.56. The van der Waals surface area contributed by atoms with E-state index < -0.39 is 0 Å². The molecule has 0 bridgehead atoms. The molecule has 1 unspecified atom stereocenters. The Morgan fingerprint density at radius 3 is 1.97 bits per heavy atom. The van der Waals surface area contributed by atoms with Crippen molar-refractivity contribution in [1.29, 1.82) is 0 Å². The van der Waals surface area contributed by atoms with Crippen molar-refractivity contribution in [3.8, 4) is 0 Å². The van der Waals surface area contributed by atoms with E-state index in [-0.39, 0.29) is 17.2 Å². The third kappa shape index (κ3) is 4.22. The lowest BCUT2D eigenvalue weighted by Gasteiger charge is -2.18. The molecule has 4 heteroatoms. The van der Waals surface area contributed by atoms with Crippen LogP contribution >= 0.6 is 15.9 Å². The summed E-state index contributed by atoms with van der Waals surface area (Å²) in [4.78, 5) is 12.8. The molecule has 1 N–H and O–H groups in total. The first kappa shape index (κ1) is 19.3. The average molecular weight is 445 g/mol. The highest BCUT2D eigenvalue weighted by atomic mass is 79.9. The Labute approximate surface area is 179 Å². The van der Waals surface area contributed by atoms with Crippen molar-refractivity contribution in [2.24, 2.45) is 11.0 Å². The summed E-state index contributed by atoms with van der Waals surface area (Å²) in [6.45, 7) is 0. The number of carbonyl (C=O) groups is 1. The van der Waals surface area contributed by atoms with Crippen molar-refractivity contribution in [3.63, 3.8) is 0 Å². The summed E-state index contributed by atoms with van der Waals surface area (Å²) in [5.74, 6) is -0.199. The van der Waals surface area contributed by atoms with Crippen molar-refractivity contribution in [2.75, 3.05) is 0 Å². The lowest BCUT2D eigenvalue weighted by atomic mass is 9.85. The molecule has 1 fully saturated rings. The summed E-state index contributed by atoms with van der Waals surface area (Å²) in [7, 11) is 0. The van der Waals surface area contributed by atoms with Gasteiger partial charge in [-0.1, -0.05) is 91.0 Å². The Kier molecular flexibility index (Phi) is 5.72. The second kappa shape index (κ2) is 8.58. The van der Waals surface area contributed by atoms with E-state index in [4.69, 9.17) is 0 Å². The number of allylic oxidation sites excluding steroid dienone is 1. The quantitative estimate of drug-likeness (QED) is 0.394. The predicted molar refractivity (Wildman–Crippen MR) is 122 cm³/mol. The maximum absolute atomic E-state index is 12.8. The summed E-state index contributed by atoms with van der Waals surface area (Å²) in [5.41, 5.74) is 5.83. The number of hydrazone groups is 1. The molecule has 1 amide bonds. The Balaban J connectivity index is 1.48. The number of hydrogen-bond donors (Lipinski definition) is 1. The van der Waals surface area contributed by atoms with E-state index in [1.807, 2.05) is 72.8 Å². The number of rotatable bonds is 6. The fourth-order valence-electron chi connectivity index (χ4n) is 3.84. The topological polar surface area (TPSA) is 41.5 Å². The normalized spacial score (nSPS) is 17.8. The molecule has 0 radical (unpaired) electrons. The Bertz CT molecular complexity index is 991. The van der Waals surface area contributed by atoms with Crippen molar-refractivity contribution < 1.29 is 4.79 Å². The van der Waals surface area contributed by atoms with Gasteiger partial charge in [0.2, 0.25) is 5.91 Å². The highest BCUT2D eigenvalue weighted by Crippen LogP contribution is 2.58. The number of benzene rings is 3. The van der Waals surface area contributed by atoms with Crippen LogP contribution < -0.4 is 5.43 Å². The van der Waals surface area contributed by atoms with Gasteiger partial charge < -0.3 is 0 Å². The second-order valence-corrected chi connectivity index (χ2v) is 8.05. The van der Waals surface area contributed by atoms with E-state index in [0.29, 0.717) is 0 Å². The molecule has 1 saturated carbocycles. The van der Waals surface area contributed by atoms with Gasteiger partial charge in [0.25, 0.3) is 0 Å². The van der Waals surface area contributed by atoms with Crippen LogP contribution in [0.2, 0.25) is 0 Å². The average Bonchev–Trinajstić information content (AvgIpc) is 3.53. The SMILES string of the molecule is O=C(N/N=C/C(Br)=C\c1ccccc1)C1CC1(c1ccccc1)c1ccccc1. The van der Waals surface area contributed by atoms with Gasteiger partial charge in [-0.3, -0.25) is 4.79 Å². The van der Waals surface area contributed by atoms with Gasteiger partial charge in [-0.2, -0.15) is 5.10 Å². The van der Waals surface area contributed by atoms with E-state index >= 15 is 0 Å². The molecule has 3 aromatic rings. The molecule has 3 aromatic carbocycles. The Morgan fingerprint density at radius 2 is 1.41 bits per heavy atom. The van der Waals surface area contributed by atoms with Crippen molar-refractivity contribution in [1.82, 2.24) is 5.43 Å². The monoisotopic (exact) mass is 444 g/mol. The molecular weight excluding hydrogens is 424 g/mol. The maximum atomic E-state index is 12.8. The number of nitrogens with one attached hydrogen (secondary N) is 1. The highest BCUT2D eigenvalue weighted by molar-refractivity contribution is 9.12. The summed E-state index contributed by atoms with van der Waals surface area (Å²) < 4.78 is 0.789. The number of carbonyl (C=O) groups excluding carboxylic acids is 1. The van der Waals surface area contributed by atoms with Crippen LogP contribution in [-0.4, -0.2) is 12.1 Å². The standard InChI is InChI=1S/C25H21BrN2O/c26-22(16-19-10-4-1-5-11-19)18-27-28-24(29)23-17-25(23,20-12-6-2-7-13-20)21-14-8-3-9-15-21/h1-16,18,23H,17H2,(H,28,29)/b22-16+,27-18+. The molecule has 3 nitrogen and oxygen atoms in total. The summed E-state index contributed by atoms with van der Waals surface area (Å²) >= 11 is 3.47. The van der Waals surface area contributed by atoms with E-state index in [2.05, 4.69) is 50.7 Å². The maximum Gasteiger partial charge on any atom is 0.244 e. The Morgan fingerprint density at radius 1 is 0.897 bits per heavy atom. The van der Waals surface area contributed by atoms with E-state index in [0.717, 1.165) is 16.5 Å². The largest absolute Gasteiger partial charge is 0.273 e. The zero-order valence-electron chi connectivity index (χ0n) is 15.8. The summed E-state index contributed by atoms with van der Waals surface area (Å²) in [6, 6.07) is 30.4. The number of halogens is 1. The minimum Gasteiger partial charge on any atom is -0.273 e. The zero-order chi connectivity index (χ0) is 20.1. The minimum absolute atomic E-state index is 0.0611. The van der Waals surface area contributed by atoms with Gasteiger partial charge >= 0.3 is 0 Å². The van der Waals surface area contributed by atoms with Crippen LogP contribution in [0.1, 0.15) is 23.1 Å². The van der Waals surface area contributed by atoms with Crippen LogP contribution in [0, 0.1) is 5.92 Å². The van der Waals surface area contributed by atoms with E-state index in [9.17, 15) is 4.79 Å². The van der Waals surface area contributed by atoms with E-state index in [1.54, 1.807) is 6.21 Å². The molecule has 0 heterocycles. The van der Waals surface area contributed by atoms with Crippen molar-refractivity contribution in [3.05, 3.63) is 112 Å². The molecular formula is C25H21BrN2O. The van der Waals surface area contributed by atoms with E-state index in [1.165, 1.54) is 11.1 Å². The molecule has 0 aromatic heterocycles. The summed E-state index contributed by atoms with van der Waals surface area (Å²) in [5, 5.41) is 4.14. The molecule has 4 rings (SSSR count). The smallest absolute Gasteiger partial charge is 0.244 e. The molecule has 29 heavy (non-hydrogen) atoms. The Hall–Kier alpha value is -2.98. The third-order valence-electron chi connectivity index (χ3n) is 5.32. The first-order chi connectivity index (χ1) is 14.2. The molecule has 0 spiro atoms. The first-order valence-corrected chi connectivity index (χ1v) is 10.4. The molecule has 1 atom stereocenters. The molecule has 144 valence electrons. The van der Waals surface area contributed by atoms with Gasteiger partial charge in [0, 0.05) is 9.90 Å². The van der Waals surface area contributed by atoms with Crippen LogP contribution in [0.15, 0.2) is 101 Å². The van der Waals surface area contributed by atoms with Gasteiger partial charge in [-0.25, -0.2) is 5.43 Å². The predicted octanol–water partition coefficient (Wildman–Crippen LogP) is 5.53. The van der Waals surface area contributed by atoms with Gasteiger partial charge in [-0.05, 0) is 45.1 Å². The van der Waals surface area contributed by atoms with Crippen LogP contribution in [0.5, 0.6) is 0 Å². The fraction of sp³-hybridized carbons (Fsp3) is 0.120. The molecule has 1 aliphatic carbocycles. The van der Waals surface area contributed by atoms with Crippen molar-refractivity contribution >= 4 is 34.1 Å². The lowest BCUT2D eigenvalue weighted by molar-refractivity contribution is -0.122. The van der Waals surface area contributed by atoms with Gasteiger partial charge in [0.15, 0.2) is 0 Å². The minimum atomic E-state index is -0.279. The van der Waals surface area contributed by atoms with Crippen LogP contribution in [0.4, 0.5) is 0 Å². The number of amides is 1. The summed E-state index contributed by atoms with van der Waals surface area (Å²) in [6.07, 6.45) is 4.34. The van der Waals surface area contributed by atoms with Gasteiger partial charge in [-0.15, -0.1) is 0 Å². The highest BCUT2D eigenvalue weighted by Gasteiger charge is 2.60. The molecule has 1 aliphatic rings. The fourth-order valence-corrected chi connectivity index (χ4v) is 4.20. The van der Waals surface area contributed by atoms with Crippen LogP contribution in [0.25, 0.3) is 6.08 Å². The van der Waals surface area contributed by atoms with Crippen LogP contribution in [0.3, 0.4) is 0 Å². The molecule has 0 saturated heterocycles. The zero-order valence-corrected chi connectivity index (χ0v) is 17.4. The van der Waals surface area contributed by atoms with Crippen LogP contribution in [-0.2, 0) is 10.2 Å². The second-order valence-electron chi connectivity index (χ2n) is 7.13. The van der Waals surface area contributed by atoms with Gasteiger partial charge in [0.05, 0.1) is 12.1 Å². The molecule has 0 aliphatic heterocycles. The third-order valence-corrected chi connectivity index (χ3v) is 5.76. The van der Waals surface area contributed by atoms with Crippen molar-refractivity contribution in [2.45, 2.75) is 11.8 Å². The van der Waals surface area contributed by atoms with Gasteiger partial charge in [0.1, 0.15) is 0 Å². The number of hydrogen-bond acceptors (Lipinski definition) is 2.